The normalized spacial score (nSPS) is 29.3. The summed E-state index contributed by atoms with van der Waals surface area (Å²) in [6.45, 7) is 1.82. The van der Waals surface area contributed by atoms with Crippen molar-refractivity contribution in [1.29, 1.82) is 0 Å². The second-order valence-electron chi connectivity index (χ2n) is 7.26. The minimum Gasteiger partial charge on any atom is -0.368 e. The zero-order chi connectivity index (χ0) is 16.8. The molecule has 3 fully saturated rings. The first kappa shape index (κ1) is 17.7. The van der Waals surface area contributed by atoms with Gasteiger partial charge in [0.25, 0.3) is 0 Å². The number of nitrogens with one attached hydrogen (secondary N) is 2. The van der Waals surface area contributed by atoms with E-state index in [0.717, 1.165) is 38.5 Å². The molecule has 2 heterocycles. The van der Waals surface area contributed by atoms with Crippen LogP contribution in [0.5, 0.6) is 0 Å². The van der Waals surface area contributed by atoms with E-state index < -0.39 is 0 Å². The highest BCUT2D eigenvalue weighted by molar-refractivity contribution is 5.82. The van der Waals surface area contributed by atoms with Gasteiger partial charge >= 0.3 is 0 Å². The molecule has 0 radical (unpaired) electrons. The predicted octanol–water partition coefficient (Wildman–Crippen LogP) is 1.53. The Morgan fingerprint density at radius 1 is 0.833 bits per heavy atom. The third-order valence-corrected chi connectivity index (χ3v) is 5.49. The molecule has 2 amide bonds. The Balaban J connectivity index is 1.54. The summed E-state index contributed by atoms with van der Waals surface area (Å²) in [4.78, 5) is 24.6. The van der Waals surface area contributed by atoms with Crippen molar-refractivity contribution in [2.24, 2.45) is 5.92 Å². The molecule has 3 rings (SSSR count). The number of carbonyl (C=O) groups is 2. The molecule has 24 heavy (non-hydrogen) atoms. The molecule has 3 aliphatic rings. The van der Waals surface area contributed by atoms with Crippen LogP contribution >= 0.6 is 0 Å². The fraction of sp³-hybridized carbons (Fsp3) is 0.889. The van der Waals surface area contributed by atoms with E-state index >= 15 is 0 Å². The van der Waals surface area contributed by atoms with Crippen LogP contribution in [0, 0.1) is 5.92 Å². The van der Waals surface area contributed by atoms with E-state index in [1.807, 2.05) is 0 Å². The first-order valence-corrected chi connectivity index (χ1v) is 9.55. The highest BCUT2D eigenvalue weighted by Gasteiger charge is 2.31. The summed E-state index contributed by atoms with van der Waals surface area (Å²) in [6.07, 6.45) is 8.77. The van der Waals surface area contributed by atoms with Gasteiger partial charge in [-0.2, -0.15) is 0 Å². The van der Waals surface area contributed by atoms with E-state index in [-0.39, 0.29) is 30.1 Å². The van der Waals surface area contributed by atoms with Gasteiger partial charge in [-0.1, -0.05) is 19.3 Å². The monoisotopic (exact) mass is 338 g/mol. The van der Waals surface area contributed by atoms with Gasteiger partial charge in [0.05, 0.1) is 0 Å². The van der Waals surface area contributed by atoms with Crippen LogP contribution in [-0.2, 0) is 19.1 Å². The average molecular weight is 338 g/mol. The molecule has 1 saturated carbocycles. The maximum Gasteiger partial charge on any atom is 0.249 e. The molecule has 0 aromatic rings. The molecule has 2 saturated heterocycles. The highest BCUT2D eigenvalue weighted by Crippen LogP contribution is 2.27. The van der Waals surface area contributed by atoms with Crippen molar-refractivity contribution in [3.05, 3.63) is 0 Å². The van der Waals surface area contributed by atoms with Crippen LogP contribution in [0.1, 0.15) is 57.8 Å². The number of hydrogen-bond donors (Lipinski definition) is 2. The summed E-state index contributed by atoms with van der Waals surface area (Å²) in [7, 11) is 0. The minimum absolute atomic E-state index is 0.00708. The zero-order valence-corrected chi connectivity index (χ0v) is 14.4. The predicted molar refractivity (Wildman–Crippen MR) is 89.5 cm³/mol. The molecule has 0 aromatic carbocycles. The summed E-state index contributed by atoms with van der Waals surface area (Å²) in [6, 6.07) is -0.00708. The summed E-state index contributed by atoms with van der Waals surface area (Å²) in [5.41, 5.74) is 0. The van der Waals surface area contributed by atoms with E-state index in [4.69, 9.17) is 9.47 Å². The molecule has 1 aliphatic carbocycles. The molecule has 6 nitrogen and oxygen atoms in total. The van der Waals surface area contributed by atoms with Gasteiger partial charge in [-0.05, 0) is 44.4 Å². The molecule has 3 atom stereocenters. The van der Waals surface area contributed by atoms with E-state index in [9.17, 15) is 9.59 Å². The van der Waals surface area contributed by atoms with Gasteiger partial charge in [0, 0.05) is 25.8 Å². The lowest BCUT2D eigenvalue weighted by molar-refractivity contribution is -0.133. The fourth-order valence-corrected chi connectivity index (χ4v) is 4.04. The van der Waals surface area contributed by atoms with Crippen molar-refractivity contribution in [2.45, 2.75) is 76.0 Å². The van der Waals surface area contributed by atoms with Crippen molar-refractivity contribution in [2.75, 3.05) is 19.8 Å². The number of rotatable bonds is 6. The van der Waals surface area contributed by atoms with Crippen LogP contribution in [0.2, 0.25) is 0 Å². The van der Waals surface area contributed by atoms with Gasteiger partial charge in [-0.3, -0.25) is 9.59 Å². The molecular formula is C18H30N2O4. The van der Waals surface area contributed by atoms with Crippen molar-refractivity contribution >= 4 is 11.8 Å². The molecule has 0 bridgehead atoms. The molecule has 2 N–H and O–H groups in total. The number of ether oxygens (including phenoxy) is 2. The largest absolute Gasteiger partial charge is 0.368 e. The number of amides is 2. The maximum absolute atomic E-state index is 12.4. The van der Waals surface area contributed by atoms with E-state index in [2.05, 4.69) is 10.6 Å². The van der Waals surface area contributed by atoms with Crippen LogP contribution in [0.4, 0.5) is 0 Å². The van der Waals surface area contributed by atoms with Gasteiger partial charge in [0.15, 0.2) is 0 Å². The van der Waals surface area contributed by atoms with Crippen LogP contribution in [0.3, 0.4) is 0 Å². The first-order chi connectivity index (χ1) is 11.7. The Kier molecular flexibility index (Phi) is 6.49. The van der Waals surface area contributed by atoms with E-state index in [1.165, 1.54) is 19.3 Å². The molecule has 1 unspecified atom stereocenters. The quantitative estimate of drug-likeness (QED) is 0.770. The summed E-state index contributed by atoms with van der Waals surface area (Å²) >= 11 is 0. The lowest BCUT2D eigenvalue weighted by atomic mass is 9.83. The van der Waals surface area contributed by atoms with Crippen LogP contribution in [0.25, 0.3) is 0 Å². The molecule has 6 heteroatoms. The summed E-state index contributed by atoms with van der Waals surface area (Å²) in [5.74, 6) is 0.378. The van der Waals surface area contributed by atoms with Gasteiger partial charge < -0.3 is 20.1 Å². The van der Waals surface area contributed by atoms with Gasteiger partial charge in [-0.25, -0.2) is 0 Å². The Hall–Kier alpha value is -1.14. The van der Waals surface area contributed by atoms with Crippen LogP contribution in [0.15, 0.2) is 0 Å². The molecular weight excluding hydrogens is 308 g/mol. The van der Waals surface area contributed by atoms with Gasteiger partial charge in [0.2, 0.25) is 11.8 Å². The minimum atomic E-state index is -0.315. The van der Waals surface area contributed by atoms with Crippen LogP contribution in [-0.4, -0.2) is 49.8 Å². The van der Waals surface area contributed by atoms with Gasteiger partial charge in [-0.15, -0.1) is 0 Å². The Morgan fingerprint density at radius 2 is 1.46 bits per heavy atom. The number of hydrogen-bond acceptors (Lipinski definition) is 4. The summed E-state index contributed by atoms with van der Waals surface area (Å²) < 4.78 is 10.9. The van der Waals surface area contributed by atoms with E-state index in [1.54, 1.807) is 0 Å². The fourth-order valence-electron chi connectivity index (χ4n) is 4.04. The lowest BCUT2D eigenvalue weighted by Gasteiger charge is -2.32. The summed E-state index contributed by atoms with van der Waals surface area (Å²) in [5, 5.41) is 6.15. The SMILES string of the molecule is O=C(NCC(NC(=O)[C@@H]1CCCO1)C1CCCCC1)[C@@H]1CCCO1. The second-order valence-corrected chi connectivity index (χ2v) is 7.26. The second kappa shape index (κ2) is 8.81. The molecule has 0 spiro atoms. The van der Waals surface area contributed by atoms with Crippen LogP contribution < -0.4 is 10.6 Å². The Bertz CT molecular complexity index is 425. The van der Waals surface area contributed by atoms with E-state index in [0.29, 0.717) is 25.7 Å². The van der Waals surface area contributed by atoms with Gasteiger partial charge in [0.1, 0.15) is 12.2 Å². The lowest BCUT2D eigenvalue weighted by Crippen LogP contribution is -2.52. The average Bonchev–Trinajstić information content (AvgIpc) is 3.32. The number of carbonyl (C=O) groups excluding carboxylic acids is 2. The molecule has 2 aliphatic heterocycles. The topological polar surface area (TPSA) is 76.7 Å². The first-order valence-electron chi connectivity index (χ1n) is 9.55. The third kappa shape index (κ3) is 4.70. The Morgan fingerprint density at radius 3 is 2.04 bits per heavy atom. The van der Waals surface area contributed by atoms with Crippen molar-refractivity contribution in [1.82, 2.24) is 10.6 Å². The van der Waals surface area contributed by atoms with Crippen molar-refractivity contribution in [3.63, 3.8) is 0 Å². The third-order valence-electron chi connectivity index (χ3n) is 5.49. The van der Waals surface area contributed by atoms with Crippen molar-refractivity contribution < 1.29 is 19.1 Å². The van der Waals surface area contributed by atoms with Crippen molar-refractivity contribution in [3.8, 4) is 0 Å². The standard InChI is InChI=1S/C18H30N2O4/c21-17(15-8-4-10-23-15)19-12-14(13-6-2-1-3-7-13)20-18(22)16-9-5-11-24-16/h13-16H,1-12H2,(H,19,21)(H,20,22)/t14?,15-,16-/m0/s1. The molecule has 136 valence electrons. The zero-order valence-electron chi connectivity index (χ0n) is 14.4. The smallest absolute Gasteiger partial charge is 0.249 e. The highest BCUT2D eigenvalue weighted by atomic mass is 16.5. The molecule has 0 aromatic heterocycles. The maximum atomic E-state index is 12.4. The Labute approximate surface area is 144 Å².